The molecule has 0 aliphatic carbocycles. The second kappa shape index (κ2) is 20.0. The minimum absolute atomic E-state index is 0.0792. The Morgan fingerprint density at radius 1 is 0.889 bits per heavy atom. The summed E-state index contributed by atoms with van der Waals surface area (Å²) in [6, 6.07) is 16.6. The largest absolute Gasteiger partial charge is 0.494 e. The molecule has 0 aliphatic heterocycles. The van der Waals surface area contributed by atoms with Gasteiger partial charge >= 0.3 is 0 Å². The maximum absolute atomic E-state index is 10.9. The lowest BCUT2D eigenvalue weighted by molar-refractivity contribution is -0.113. The van der Waals surface area contributed by atoms with E-state index in [1.165, 1.54) is 48.8 Å². The third-order valence-electron chi connectivity index (χ3n) is 6.04. The van der Waals surface area contributed by atoms with E-state index >= 15 is 0 Å². The molecular weight excluding hydrogens is 510 g/mol. The predicted octanol–water partition coefficient (Wildman–Crippen LogP) is 9.44. The van der Waals surface area contributed by atoms with Crippen LogP contribution in [0.5, 0.6) is 5.75 Å². The quantitative estimate of drug-likeness (QED) is 0.256. The molecule has 0 fully saturated rings. The highest BCUT2D eigenvalue weighted by atomic mass is 79.9. The van der Waals surface area contributed by atoms with Crippen LogP contribution < -0.4 is 4.74 Å². The zero-order chi connectivity index (χ0) is 27.5. The highest BCUT2D eigenvalue weighted by molar-refractivity contribution is 9.12. The van der Waals surface area contributed by atoms with E-state index < -0.39 is 0 Å². The Hall–Kier alpha value is -2.07. The van der Waals surface area contributed by atoms with Crippen LogP contribution in [-0.2, 0) is 4.79 Å². The fraction of sp³-hybridized carbons (Fsp3) is 0.531. The molecule has 0 N–H and O–H groups in total. The molecule has 2 rings (SSSR count). The molecule has 3 nitrogen and oxygen atoms in total. The molecular formula is C32H50BrNO2. The number of benzene rings is 2. The summed E-state index contributed by atoms with van der Waals surface area (Å²) in [7, 11) is 3.87. The minimum atomic E-state index is 0.0792. The number of ketones is 1. The van der Waals surface area contributed by atoms with Gasteiger partial charge in [-0.25, -0.2) is 0 Å². The van der Waals surface area contributed by atoms with E-state index in [0.29, 0.717) is 4.48 Å². The van der Waals surface area contributed by atoms with E-state index in [1.54, 1.807) is 6.92 Å². The van der Waals surface area contributed by atoms with Crippen LogP contribution in [0.1, 0.15) is 82.9 Å². The maximum atomic E-state index is 10.9. The Kier molecular flexibility index (Phi) is 18.9. The van der Waals surface area contributed by atoms with Crippen LogP contribution in [0, 0.1) is 26.7 Å². The summed E-state index contributed by atoms with van der Waals surface area (Å²) in [4.78, 5) is 12.9. The minimum Gasteiger partial charge on any atom is -0.494 e. The van der Waals surface area contributed by atoms with Gasteiger partial charge in [-0.3, -0.25) is 4.79 Å². The van der Waals surface area contributed by atoms with Crippen molar-refractivity contribution in [3.8, 4) is 5.75 Å². The van der Waals surface area contributed by atoms with Crippen LogP contribution in [0.25, 0.3) is 0 Å². The van der Waals surface area contributed by atoms with Crippen LogP contribution in [-0.4, -0.2) is 31.4 Å². The molecule has 0 amide bonds. The highest BCUT2D eigenvalue weighted by Gasteiger charge is 2.08. The molecule has 0 heterocycles. The highest BCUT2D eigenvalue weighted by Crippen LogP contribution is 2.20. The monoisotopic (exact) mass is 559 g/mol. The fourth-order valence-electron chi connectivity index (χ4n) is 3.80. The number of halogens is 1. The molecule has 0 saturated heterocycles. The van der Waals surface area contributed by atoms with E-state index in [0.717, 1.165) is 30.4 Å². The number of aryl methyl sites for hydroxylation is 3. The molecule has 0 radical (unpaired) electrons. The molecule has 0 saturated carbocycles. The molecule has 0 bridgehead atoms. The number of hydrogen-bond acceptors (Lipinski definition) is 3. The van der Waals surface area contributed by atoms with E-state index in [2.05, 4.69) is 80.9 Å². The summed E-state index contributed by atoms with van der Waals surface area (Å²) in [6.45, 7) is 15.3. The molecule has 4 heteroatoms. The van der Waals surface area contributed by atoms with Crippen LogP contribution in [0.3, 0.4) is 0 Å². The van der Waals surface area contributed by atoms with Crippen molar-refractivity contribution in [2.45, 2.75) is 87.0 Å². The van der Waals surface area contributed by atoms with E-state index in [4.69, 9.17) is 4.74 Å². The average Bonchev–Trinajstić information content (AvgIpc) is 2.83. The Bertz CT molecular complexity index is 884. The number of nitrogens with zero attached hydrogens (tertiary/aromatic N) is 1. The molecule has 0 aromatic heterocycles. The van der Waals surface area contributed by atoms with Crippen molar-refractivity contribution in [3.05, 3.63) is 75.4 Å². The van der Waals surface area contributed by atoms with Crippen LogP contribution in [0.4, 0.5) is 0 Å². The zero-order valence-electron chi connectivity index (χ0n) is 24.3. The first-order chi connectivity index (χ1) is 17.1. The van der Waals surface area contributed by atoms with Crippen LogP contribution in [0.15, 0.2) is 58.7 Å². The van der Waals surface area contributed by atoms with Crippen LogP contribution in [0.2, 0.25) is 0 Å². The second-order valence-electron chi connectivity index (χ2n) is 9.55. The summed E-state index contributed by atoms with van der Waals surface area (Å²) in [5.41, 5.74) is 5.00. The lowest BCUT2D eigenvalue weighted by Gasteiger charge is -2.16. The van der Waals surface area contributed by atoms with Crippen molar-refractivity contribution in [2.24, 2.45) is 5.92 Å². The Morgan fingerprint density at radius 3 is 1.83 bits per heavy atom. The molecule has 0 unspecified atom stereocenters. The van der Waals surface area contributed by atoms with Gasteiger partial charge in [0.05, 0.1) is 11.1 Å². The number of allylic oxidation sites excluding steroid dienone is 2. The van der Waals surface area contributed by atoms with Crippen molar-refractivity contribution in [2.75, 3.05) is 20.7 Å². The van der Waals surface area contributed by atoms with Crippen molar-refractivity contribution >= 4 is 21.7 Å². The van der Waals surface area contributed by atoms with Crippen molar-refractivity contribution in [3.63, 3.8) is 0 Å². The molecule has 202 valence electrons. The number of Topliss-reactive ketones (excluding diaryl/α,β-unsaturated/α-hetero) is 1. The van der Waals surface area contributed by atoms with Gasteiger partial charge in [0.2, 0.25) is 0 Å². The summed E-state index contributed by atoms with van der Waals surface area (Å²) >= 11 is 3.26. The second-order valence-corrected chi connectivity index (χ2v) is 10.3. The topological polar surface area (TPSA) is 29.5 Å². The van der Waals surface area contributed by atoms with E-state index in [9.17, 15) is 4.79 Å². The first-order valence-electron chi connectivity index (χ1n) is 13.4. The fourth-order valence-corrected chi connectivity index (χ4v) is 4.44. The van der Waals surface area contributed by atoms with Gasteiger partial charge in [0.1, 0.15) is 5.75 Å². The standard InChI is InChI=1S/C17H28O.C8H14BrNO.C7H8/c1-5-7-16(8-6-2)11-12-18-17-10-9-14(3)15(4)13-17;1-5-7(10(3)4)8(9)6(2)11;1-7-5-3-2-4-6-7/h9-10,13,16H,5-8,11-12H2,1-4H3;5H2,1-4H3;2-6H,1H3/b;8-7+;. The third-order valence-corrected chi connectivity index (χ3v) is 7.06. The van der Waals surface area contributed by atoms with Gasteiger partial charge in [-0.15, -0.1) is 0 Å². The lowest BCUT2D eigenvalue weighted by atomic mass is 9.95. The average molecular weight is 561 g/mol. The van der Waals surface area contributed by atoms with Crippen molar-refractivity contribution in [1.82, 2.24) is 4.90 Å². The number of hydrogen-bond donors (Lipinski definition) is 0. The third kappa shape index (κ3) is 15.1. The van der Waals surface area contributed by atoms with E-state index in [-0.39, 0.29) is 5.78 Å². The first kappa shape index (κ1) is 33.9. The first-order valence-corrected chi connectivity index (χ1v) is 14.1. The molecule has 36 heavy (non-hydrogen) atoms. The molecule has 0 aliphatic rings. The molecule has 0 atom stereocenters. The van der Waals surface area contributed by atoms with Gasteiger partial charge in [0, 0.05) is 19.8 Å². The summed E-state index contributed by atoms with van der Waals surface area (Å²) in [5, 5.41) is 0. The normalized spacial score (nSPS) is 11.0. The number of carbonyl (C=O) groups excluding carboxylic acids is 1. The van der Waals surface area contributed by atoms with Gasteiger partial charge in [0.15, 0.2) is 5.78 Å². The van der Waals surface area contributed by atoms with Crippen molar-refractivity contribution < 1.29 is 9.53 Å². The number of ether oxygens (including phenoxy) is 1. The van der Waals surface area contributed by atoms with E-state index in [1.807, 2.05) is 44.1 Å². The van der Waals surface area contributed by atoms with Crippen molar-refractivity contribution in [1.29, 1.82) is 0 Å². The molecule has 0 spiro atoms. The Morgan fingerprint density at radius 2 is 1.47 bits per heavy atom. The van der Waals surface area contributed by atoms with Gasteiger partial charge in [-0.05, 0) is 85.6 Å². The predicted molar refractivity (Wildman–Crippen MR) is 161 cm³/mol. The van der Waals surface area contributed by atoms with Gasteiger partial charge in [-0.2, -0.15) is 0 Å². The van der Waals surface area contributed by atoms with Crippen LogP contribution >= 0.6 is 15.9 Å². The lowest BCUT2D eigenvalue weighted by Crippen LogP contribution is -2.13. The summed E-state index contributed by atoms with van der Waals surface area (Å²) in [6.07, 6.45) is 7.30. The maximum Gasteiger partial charge on any atom is 0.168 e. The number of rotatable bonds is 11. The zero-order valence-corrected chi connectivity index (χ0v) is 25.9. The molecule has 2 aromatic rings. The summed E-state index contributed by atoms with van der Waals surface area (Å²) < 4.78 is 6.55. The summed E-state index contributed by atoms with van der Waals surface area (Å²) in [5.74, 6) is 1.94. The number of carbonyl (C=O) groups is 1. The smallest absolute Gasteiger partial charge is 0.168 e. The SMILES string of the molecule is CC/C(=C(\Br)C(C)=O)N(C)C.CCCC(CCC)CCOc1ccc(C)c(C)c1.Cc1ccccc1. The molecule has 2 aromatic carbocycles. The van der Waals surface area contributed by atoms with Gasteiger partial charge in [0.25, 0.3) is 0 Å². The van der Waals surface area contributed by atoms with Gasteiger partial charge < -0.3 is 9.64 Å². The van der Waals surface area contributed by atoms with Gasteiger partial charge in [-0.1, -0.05) is 88.4 Å². The Balaban J connectivity index is 0.000000574. The Labute approximate surface area is 230 Å².